The van der Waals surface area contributed by atoms with Gasteiger partial charge in [0, 0.05) is 12.0 Å². The number of amides is 1. The molecule has 0 saturated heterocycles. The maximum atomic E-state index is 12.3. The lowest BCUT2D eigenvalue weighted by atomic mass is 9.99. The smallest absolute Gasteiger partial charge is 0.306 e. The van der Waals surface area contributed by atoms with Crippen LogP contribution in [0.4, 0.5) is 5.69 Å². The summed E-state index contributed by atoms with van der Waals surface area (Å²) in [6.45, 7) is 5.22. The number of benzene rings is 2. The molecule has 2 rings (SSSR count). The van der Waals surface area contributed by atoms with E-state index in [1.165, 1.54) is 0 Å². The lowest BCUT2D eigenvalue weighted by Gasteiger charge is -2.09. The number of ketones is 1. The Morgan fingerprint density at radius 1 is 0.963 bits per heavy atom. The van der Waals surface area contributed by atoms with Gasteiger partial charge >= 0.3 is 5.97 Å². The van der Waals surface area contributed by atoms with E-state index in [2.05, 4.69) is 5.32 Å². The Morgan fingerprint density at radius 2 is 1.63 bits per heavy atom. The highest BCUT2D eigenvalue weighted by molar-refractivity contribution is 6.33. The molecule has 1 amide bonds. The summed E-state index contributed by atoms with van der Waals surface area (Å²) >= 11 is 6.04. The number of hydrogen-bond donors (Lipinski definition) is 1. The normalized spacial score (nSPS) is 10.4. The summed E-state index contributed by atoms with van der Waals surface area (Å²) in [5, 5.41) is 2.99. The van der Waals surface area contributed by atoms with Crippen molar-refractivity contribution in [2.75, 3.05) is 11.9 Å². The van der Waals surface area contributed by atoms with Crippen molar-refractivity contribution in [1.82, 2.24) is 0 Å². The number of Topliss-reactive ketones (excluding diaryl/α,β-unsaturated/α-hetero) is 1. The molecule has 0 saturated carbocycles. The van der Waals surface area contributed by atoms with E-state index in [0.717, 1.165) is 16.7 Å². The van der Waals surface area contributed by atoms with Crippen LogP contribution in [0.25, 0.3) is 0 Å². The van der Waals surface area contributed by atoms with Crippen LogP contribution in [0.5, 0.6) is 0 Å². The Hall–Kier alpha value is -2.66. The summed E-state index contributed by atoms with van der Waals surface area (Å²) in [5.41, 5.74) is 3.88. The number of ether oxygens (including phenoxy) is 1. The number of aryl methyl sites for hydroxylation is 3. The zero-order valence-corrected chi connectivity index (χ0v) is 16.4. The molecule has 0 spiro atoms. The summed E-state index contributed by atoms with van der Waals surface area (Å²) < 4.78 is 4.93. The topological polar surface area (TPSA) is 72.5 Å². The van der Waals surface area contributed by atoms with Crippen LogP contribution >= 0.6 is 11.6 Å². The molecular formula is C21H22ClNO4. The Morgan fingerprint density at radius 3 is 2.33 bits per heavy atom. The third-order valence-corrected chi connectivity index (χ3v) is 4.33. The van der Waals surface area contributed by atoms with Gasteiger partial charge in [0.15, 0.2) is 12.4 Å². The Labute approximate surface area is 163 Å². The fourth-order valence-electron chi connectivity index (χ4n) is 2.51. The van der Waals surface area contributed by atoms with E-state index < -0.39 is 18.5 Å². The van der Waals surface area contributed by atoms with Gasteiger partial charge in [0.1, 0.15) is 0 Å². The molecule has 27 heavy (non-hydrogen) atoms. The first-order chi connectivity index (χ1) is 12.8. The minimum absolute atomic E-state index is 0.0362. The number of rotatable bonds is 7. The Bertz CT molecular complexity index is 876. The number of hydrogen-bond acceptors (Lipinski definition) is 4. The van der Waals surface area contributed by atoms with Gasteiger partial charge in [-0.15, -0.1) is 0 Å². The summed E-state index contributed by atoms with van der Waals surface area (Å²) in [6.07, 6.45) is -0.0423. The summed E-state index contributed by atoms with van der Waals surface area (Å²) in [4.78, 5) is 36.0. The van der Waals surface area contributed by atoms with Crippen LogP contribution in [0.15, 0.2) is 36.4 Å². The zero-order valence-electron chi connectivity index (χ0n) is 15.6. The molecule has 5 nitrogen and oxygen atoms in total. The average Bonchev–Trinajstić information content (AvgIpc) is 2.62. The van der Waals surface area contributed by atoms with Crippen molar-refractivity contribution >= 4 is 34.9 Å². The molecular weight excluding hydrogens is 366 g/mol. The van der Waals surface area contributed by atoms with Gasteiger partial charge in [0.2, 0.25) is 0 Å². The fourth-order valence-corrected chi connectivity index (χ4v) is 2.79. The van der Waals surface area contributed by atoms with Crippen LogP contribution in [-0.2, 0) is 14.3 Å². The maximum Gasteiger partial charge on any atom is 0.306 e. The van der Waals surface area contributed by atoms with Crippen LogP contribution in [0.3, 0.4) is 0 Å². The van der Waals surface area contributed by atoms with E-state index in [-0.39, 0.29) is 18.6 Å². The third kappa shape index (κ3) is 6.22. The number of halogens is 1. The Balaban J connectivity index is 1.79. The quantitative estimate of drug-likeness (QED) is 0.564. The second-order valence-corrected chi connectivity index (χ2v) is 6.84. The molecule has 0 aliphatic carbocycles. The largest absolute Gasteiger partial charge is 0.456 e. The van der Waals surface area contributed by atoms with Crippen molar-refractivity contribution in [2.45, 2.75) is 33.6 Å². The van der Waals surface area contributed by atoms with E-state index in [1.807, 2.05) is 45.0 Å². The Kier molecular flexibility index (Phi) is 7.13. The second kappa shape index (κ2) is 9.33. The predicted molar refractivity (Wildman–Crippen MR) is 105 cm³/mol. The number of esters is 1. The predicted octanol–water partition coefficient (Wildman–Crippen LogP) is 4.41. The SMILES string of the molecule is Cc1ccc(NC(=O)COC(=O)CCC(=O)c2cc(C)ccc2C)c(Cl)c1. The summed E-state index contributed by atoms with van der Waals surface area (Å²) in [6, 6.07) is 10.8. The second-order valence-electron chi connectivity index (χ2n) is 6.43. The highest BCUT2D eigenvalue weighted by atomic mass is 35.5. The molecule has 1 N–H and O–H groups in total. The van der Waals surface area contributed by atoms with E-state index in [1.54, 1.807) is 12.1 Å². The van der Waals surface area contributed by atoms with Crippen LogP contribution in [-0.4, -0.2) is 24.3 Å². The van der Waals surface area contributed by atoms with Gasteiger partial charge in [-0.05, 0) is 50.1 Å². The van der Waals surface area contributed by atoms with Crippen molar-refractivity contribution in [3.05, 3.63) is 63.7 Å². The molecule has 0 atom stereocenters. The molecule has 0 heterocycles. The molecule has 0 bridgehead atoms. The van der Waals surface area contributed by atoms with Gasteiger partial charge in [0.25, 0.3) is 5.91 Å². The minimum Gasteiger partial charge on any atom is -0.456 e. The number of carbonyl (C=O) groups is 3. The molecule has 0 aromatic heterocycles. The van der Waals surface area contributed by atoms with Gasteiger partial charge in [-0.3, -0.25) is 14.4 Å². The molecule has 2 aromatic carbocycles. The van der Waals surface area contributed by atoms with E-state index in [0.29, 0.717) is 16.3 Å². The number of nitrogens with one attached hydrogen (secondary N) is 1. The van der Waals surface area contributed by atoms with Gasteiger partial charge in [-0.1, -0.05) is 35.4 Å². The van der Waals surface area contributed by atoms with E-state index >= 15 is 0 Å². The molecule has 2 aromatic rings. The average molecular weight is 388 g/mol. The third-order valence-electron chi connectivity index (χ3n) is 4.01. The van der Waals surface area contributed by atoms with Crippen LogP contribution < -0.4 is 5.32 Å². The summed E-state index contributed by atoms with van der Waals surface area (Å²) in [5.74, 6) is -1.21. The number of carbonyl (C=O) groups excluding carboxylic acids is 3. The first-order valence-electron chi connectivity index (χ1n) is 8.58. The van der Waals surface area contributed by atoms with Crippen LogP contribution in [0.1, 0.15) is 39.9 Å². The molecule has 6 heteroatoms. The van der Waals surface area contributed by atoms with Gasteiger partial charge in [-0.25, -0.2) is 0 Å². The molecule has 0 aliphatic rings. The molecule has 142 valence electrons. The first-order valence-corrected chi connectivity index (χ1v) is 8.96. The van der Waals surface area contributed by atoms with E-state index in [9.17, 15) is 14.4 Å². The van der Waals surface area contributed by atoms with Gasteiger partial charge < -0.3 is 10.1 Å². The van der Waals surface area contributed by atoms with Crippen LogP contribution in [0.2, 0.25) is 5.02 Å². The number of anilines is 1. The maximum absolute atomic E-state index is 12.3. The zero-order chi connectivity index (χ0) is 20.0. The highest BCUT2D eigenvalue weighted by Crippen LogP contribution is 2.22. The lowest BCUT2D eigenvalue weighted by molar-refractivity contribution is -0.147. The van der Waals surface area contributed by atoms with Crippen molar-refractivity contribution in [2.24, 2.45) is 0 Å². The van der Waals surface area contributed by atoms with Crippen molar-refractivity contribution in [1.29, 1.82) is 0 Å². The van der Waals surface area contributed by atoms with Crippen LogP contribution in [0, 0.1) is 20.8 Å². The van der Waals surface area contributed by atoms with Gasteiger partial charge in [-0.2, -0.15) is 0 Å². The van der Waals surface area contributed by atoms with Gasteiger partial charge in [0.05, 0.1) is 17.1 Å². The van der Waals surface area contributed by atoms with Crippen molar-refractivity contribution < 1.29 is 19.1 Å². The van der Waals surface area contributed by atoms with Crippen molar-refractivity contribution in [3.63, 3.8) is 0 Å². The first kappa shape index (κ1) is 20.6. The molecule has 0 radical (unpaired) electrons. The molecule has 0 aliphatic heterocycles. The fraction of sp³-hybridized carbons (Fsp3) is 0.286. The van der Waals surface area contributed by atoms with Crippen molar-refractivity contribution in [3.8, 4) is 0 Å². The van der Waals surface area contributed by atoms with E-state index in [4.69, 9.17) is 16.3 Å². The molecule has 0 fully saturated rings. The highest BCUT2D eigenvalue weighted by Gasteiger charge is 2.14. The summed E-state index contributed by atoms with van der Waals surface area (Å²) in [7, 11) is 0. The minimum atomic E-state index is -0.598. The standard InChI is InChI=1S/C21H22ClNO4/c1-13-4-6-15(3)16(10-13)19(24)8-9-21(26)27-12-20(25)23-18-7-5-14(2)11-17(18)22/h4-7,10-11H,8-9,12H2,1-3H3,(H,23,25). The monoisotopic (exact) mass is 387 g/mol. The molecule has 0 unspecified atom stereocenters. The lowest BCUT2D eigenvalue weighted by Crippen LogP contribution is -2.21.